The zero-order valence-electron chi connectivity index (χ0n) is 9.79. The highest BCUT2D eigenvalue weighted by molar-refractivity contribution is 6.03. The largest absolute Gasteiger partial charge is 0.382 e. The van der Waals surface area contributed by atoms with Gasteiger partial charge in [0, 0.05) is 5.57 Å². The molecule has 1 rings (SSSR count). The molecule has 0 saturated carbocycles. The summed E-state index contributed by atoms with van der Waals surface area (Å²) in [6.07, 6.45) is 6.39. The second-order valence-electron chi connectivity index (χ2n) is 4.61. The lowest BCUT2D eigenvalue weighted by Crippen LogP contribution is -2.32. The SMILES string of the molecule is CC(C)=C1C=CC(C(=O)C(C)(C)O)=CC1. The van der Waals surface area contributed by atoms with Gasteiger partial charge in [-0.2, -0.15) is 0 Å². The molecular weight excluding hydrogens is 188 g/mol. The molecule has 1 aliphatic carbocycles. The number of carbonyl (C=O) groups excluding carboxylic acids is 1. The van der Waals surface area contributed by atoms with Crippen molar-refractivity contribution in [3.8, 4) is 0 Å². The Labute approximate surface area is 91.0 Å². The van der Waals surface area contributed by atoms with Gasteiger partial charge in [0.25, 0.3) is 0 Å². The highest BCUT2D eigenvalue weighted by atomic mass is 16.3. The summed E-state index contributed by atoms with van der Waals surface area (Å²) in [5, 5.41) is 9.58. The van der Waals surface area contributed by atoms with Crippen LogP contribution in [0.4, 0.5) is 0 Å². The van der Waals surface area contributed by atoms with Gasteiger partial charge in [-0.05, 0) is 39.7 Å². The van der Waals surface area contributed by atoms with Gasteiger partial charge in [-0.3, -0.25) is 4.79 Å². The van der Waals surface area contributed by atoms with Crippen molar-refractivity contribution >= 4 is 5.78 Å². The first-order chi connectivity index (χ1) is 6.82. The van der Waals surface area contributed by atoms with Crippen LogP contribution in [0.2, 0.25) is 0 Å². The third kappa shape index (κ3) is 2.90. The fourth-order valence-corrected chi connectivity index (χ4v) is 1.44. The lowest BCUT2D eigenvalue weighted by molar-refractivity contribution is -0.129. The highest BCUT2D eigenvalue weighted by Crippen LogP contribution is 2.22. The summed E-state index contributed by atoms with van der Waals surface area (Å²) in [4.78, 5) is 11.7. The van der Waals surface area contributed by atoms with Gasteiger partial charge in [0.05, 0.1) is 0 Å². The average molecular weight is 206 g/mol. The van der Waals surface area contributed by atoms with E-state index >= 15 is 0 Å². The fraction of sp³-hybridized carbons (Fsp3) is 0.462. The molecule has 0 heterocycles. The summed E-state index contributed by atoms with van der Waals surface area (Å²) in [5.41, 5.74) is 1.82. The normalized spacial score (nSPS) is 16.3. The van der Waals surface area contributed by atoms with Crippen LogP contribution in [0.5, 0.6) is 0 Å². The van der Waals surface area contributed by atoms with Crippen molar-refractivity contribution in [1.29, 1.82) is 0 Å². The van der Waals surface area contributed by atoms with E-state index in [9.17, 15) is 9.90 Å². The van der Waals surface area contributed by atoms with Crippen LogP contribution in [0.15, 0.2) is 34.9 Å². The number of ketones is 1. The zero-order chi connectivity index (χ0) is 11.6. The summed E-state index contributed by atoms with van der Waals surface area (Å²) in [5.74, 6) is -0.216. The Morgan fingerprint density at radius 1 is 1.33 bits per heavy atom. The Bertz CT molecular complexity index is 358. The van der Waals surface area contributed by atoms with Crippen LogP contribution in [0.3, 0.4) is 0 Å². The van der Waals surface area contributed by atoms with Gasteiger partial charge in [0.1, 0.15) is 5.60 Å². The number of Topliss-reactive ketones (excluding diaryl/α,β-unsaturated/α-hetero) is 1. The van der Waals surface area contributed by atoms with Crippen LogP contribution in [0.1, 0.15) is 34.1 Å². The zero-order valence-corrected chi connectivity index (χ0v) is 9.79. The molecule has 0 aromatic heterocycles. The molecule has 0 aromatic rings. The topological polar surface area (TPSA) is 37.3 Å². The molecule has 2 nitrogen and oxygen atoms in total. The number of hydrogen-bond donors (Lipinski definition) is 1. The third-order valence-electron chi connectivity index (χ3n) is 2.47. The summed E-state index contributed by atoms with van der Waals surface area (Å²) in [6, 6.07) is 0. The van der Waals surface area contributed by atoms with E-state index in [0.717, 1.165) is 6.42 Å². The Balaban J connectivity index is 2.85. The van der Waals surface area contributed by atoms with Crippen LogP contribution in [-0.2, 0) is 4.79 Å². The van der Waals surface area contributed by atoms with E-state index in [4.69, 9.17) is 0 Å². The predicted octanol–water partition coefficient (Wildman–Crippen LogP) is 2.55. The van der Waals surface area contributed by atoms with Crippen molar-refractivity contribution in [1.82, 2.24) is 0 Å². The number of allylic oxidation sites excluding steroid dienone is 5. The van der Waals surface area contributed by atoms with Gasteiger partial charge in [-0.25, -0.2) is 0 Å². The molecule has 0 radical (unpaired) electrons. The first kappa shape index (κ1) is 11.9. The lowest BCUT2D eigenvalue weighted by atomic mass is 9.91. The first-order valence-electron chi connectivity index (χ1n) is 5.14. The van der Waals surface area contributed by atoms with Crippen molar-refractivity contribution in [2.45, 2.75) is 39.7 Å². The van der Waals surface area contributed by atoms with Gasteiger partial charge in [-0.1, -0.05) is 23.8 Å². The van der Waals surface area contributed by atoms with E-state index in [1.54, 1.807) is 6.08 Å². The van der Waals surface area contributed by atoms with E-state index in [-0.39, 0.29) is 5.78 Å². The summed E-state index contributed by atoms with van der Waals surface area (Å²) in [7, 11) is 0. The predicted molar refractivity (Wildman–Crippen MR) is 61.5 cm³/mol. The van der Waals surface area contributed by atoms with Crippen molar-refractivity contribution in [2.24, 2.45) is 0 Å². The van der Waals surface area contributed by atoms with Crippen LogP contribution < -0.4 is 0 Å². The maximum atomic E-state index is 11.7. The Kier molecular flexibility index (Phi) is 3.30. The highest BCUT2D eigenvalue weighted by Gasteiger charge is 2.26. The number of aliphatic hydroxyl groups is 1. The summed E-state index contributed by atoms with van der Waals surface area (Å²) in [6.45, 7) is 7.13. The van der Waals surface area contributed by atoms with Crippen molar-refractivity contribution in [2.75, 3.05) is 0 Å². The Hall–Kier alpha value is -1.15. The number of hydrogen-bond acceptors (Lipinski definition) is 2. The molecule has 0 aromatic carbocycles. The summed E-state index contributed by atoms with van der Waals surface area (Å²) >= 11 is 0. The van der Waals surface area contributed by atoms with Gasteiger partial charge in [0.15, 0.2) is 5.78 Å². The molecule has 0 spiro atoms. The molecule has 0 amide bonds. The molecule has 0 unspecified atom stereocenters. The van der Waals surface area contributed by atoms with Crippen LogP contribution in [0, 0.1) is 0 Å². The second-order valence-corrected chi connectivity index (χ2v) is 4.61. The van der Waals surface area contributed by atoms with Crippen LogP contribution >= 0.6 is 0 Å². The standard InChI is InChI=1S/C13H18O2/c1-9(2)10-5-7-11(8-6-10)12(14)13(3,4)15/h5,7-8,15H,6H2,1-4H3. The van der Waals surface area contributed by atoms with E-state index in [0.29, 0.717) is 5.57 Å². The molecule has 2 heteroatoms. The Morgan fingerprint density at radius 2 is 1.93 bits per heavy atom. The summed E-state index contributed by atoms with van der Waals surface area (Å²) < 4.78 is 0. The minimum absolute atomic E-state index is 0.216. The second kappa shape index (κ2) is 4.15. The molecule has 0 atom stereocenters. The molecule has 82 valence electrons. The van der Waals surface area contributed by atoms with Gasteiger partial charge in [-0.15, -0.1) is 0 Å². The molecule has 1 N–H and O–H groups in total. The monoisotopic (exact) mass is 206 g/mol. The van der Waals surface area contributed by atoms with Crippen molar-refractivity contribution in [3.63, 3.8) is 0 Å². The maximum absolute atomic E-state index is 11.7. The fourth-order valence-electron chi connectivity index (χ4n) is 1.44. The molecule has 0 bridgehead atoms. The molecule has 15 heavy (non-hydrogen) atoms. The van der Waals surface area contributed by atoms with Crippen molar-refractivity contribution < 1.29 is 9.90 Å². The van der Waals surface area contributed by atoms with E-state index in [1.807, 2.05) is 12.2 Å². The lowest BCUT2D eigenvalue weighted by Gasteiger charge is -2.18. The Morgan fingerprint density at radius 3 is 2.27 bits per heavy atom. The van der Waals surface area contributed by atoms with E-state index < -0.39 is 5.60 Å². The quantitative estimate of drug-likeness (QED) is 0.754. The molecule has 0 fully saturated rings. The molecule has 0 saturated heterocycles. The minimum Gasteiger partial charge on any atom is -0.382 e. The molecule has 0 aliphatic heterocycles. The van der Waals surface area contributed by atoms with E-state index in [2.05, 4.69) is 13.8 Å². The minimum atomic E-state index is -1.28. The third-order valence-corrected chi connectivity index (χ3v) is 2.47. The number of carbonyl (C=O) groups is 1. The average Bonchev–Trinajstić information content (AvgIpc) is 2.15. The van der Waals surface area contributed by atoms with Crippen LogP contribution in [0.25, 0.3) is 0 Å². The van der Waals surface area contributed by atoms with Crippen LogP contribution in [-0.4, -0.2) is 16.5 Å². The smallest absolute Gasteiger partial charge is 0.193 e. The van der Waals surface area contributed by atoms with Gasteiger partial charge < -0.3 is 5.11 Å². The van der Waals surface area contributed by atoms with Crippen molar-refractivity contribution in [3.05, 3.63) is 34.9 Å². The van der Waals surface area contributed by atoms with Gasteiger partial charge in [0.2, 0.25) is 0 Å². The molecular formula is C13H18O2. The van der Waals surface area contributed by atoms with Gasteiger partial charge >= 0.3 is 0 Å². The first-order valence-corrected chi connectivity index (χ1v) is 5.14. The number of rotatable bonds is 2. The maximum Gasteiger partial charge on any atom is 0.193 e. The molecule has 1 aliphatic rings. The van der Waals surface area contributed by atoms with E-state index in [1.165, 1.54) is 25.0 Å².